The zero-order valence-electron chi connectivity index (χ0n) is 11.8. The minimum Gasteiger partial charge on any atom is -0.409 e. The van der Waals surface area contributed by atoms with Crippen LogP contribution in [0.5, 0.6) is 0 Å². The van der Waals surface area contributed by atoms with Gasteiger partial charge >= 0.3 is 0 Å². The topological polar surface area (TPSA) is 79.9 Å². The van der Waals surface area contributed by atoms with Crippen LogP contribution in [0.4, 0.5) is 0 Å². The van der Waals surface area contributed by atoms with Crippen molar-refractivity contribution in [2.24, 2.45) is 16.8 Å². The molecule has 0 amide bonds. The average molecular weight is 277 g/mol. The fourth-order valence-electron chi connectivity index (χ4n) is 2.61. The Morgan fingerprint density at radius 1 is 1.50 bits per heavy atom. The van der Waals surface area contributed by atoms with Gasteiger partial charge in [-0.3, -0.25) is 0 Å². The Balaban J connectivity index is 1.92. The highest BCUT2D eigenvalue weighted by atomic mass is 16.5. The zero-order chi connectivity index (χ0) is 14.4. The van der Waals surface area contributed by atoms with Gasteiger partial charge in [0.15, 0.2) is 0 Å². The van der Waals surface area contributed by atoms with E-state index in [2.05, 4.69) is 17.4 Å². The lowest BCUT2D eigenvalue weighted by molar-refractivity contribution is 0.105. The first kappa shape index (κ1) is 14.8. The summed E-state index contributed by atoms with van der Waals surface area (Å²) in [5.74, 6) is 0.664. The third kappa shape index (κ3) is 3.71. The highest BCUT2D eigenvalue weighted by molar-refractivity contribution is 5.87. The maximum Gasteiger partial charge on any atom is 0.147 e. The molecular weight excluding hydrogens is 254 g/mol. The Kier molecular flexibility index (Phi) is 5.38. The van der Waals surface area contributed by atoms with Crippen molar-refractivity contribution >= 4 is 5.84 Å². The number of nitrogens with one attached hydrogen (secondary N) is 1. The quantitative estimate of drug-likeness (QED) is 0.319. The fraction of sp³-hybridized carbons (Fsp3) is 0.533. The summed E-state index contributed by atoms with van der Waals surface area (Å²) in [5, 5.41) is 15.5. The predicted octanol–water partition coefficient (Wildman–Crippen LogP) is 1.53. The lowest BCUT2D eigenvalue weighted by Gasteiger charge is -2.19. The van der Waals surface area contributed by atoms with Gasteiger partial charge in [0.2, 0.25) is 0 Å². The molecule has 1 aliphatic heterocycles. The molecule has 0 aromatic heterocycles. The molecule has 0 spiro atoms. The first-order valence-electron chi connectivity index (χ1n) is 7.07. The molecule has 1 fully saturated rings. The highest BCUT2D eigenvalue weighted by Gasteiger charge is 2.24. The van der Waals surface area contributed by atoms with E-state index in [4.69, 9.17) is 15.7 Å². The maximum absolute atomic E-state index is 8.93. The van der Waals surface area contributed by atoms with E-state index in [-0.39, 0.29) is 11.8 Å². The Morgan fingerprint density at radius 2 is 2.25 bits per heavy atom. The van der Waals surface area contributed by atoms with Gasteiger partial charge in [0, 0.05) is 19.7 Å². The third-order valence-corrected chi connectivity index (χ3v) is 3.96. The molecule has 20 heavy (non-hydrogen) atoms. The number of rotatable bonds is 6. The number of hydrogen-bond donors (Lipinski definition) is 3. The van der Waals surface area contributed by atoms with Crippen molar-refractivity contribution in [3.63, 3.8) is 0 Å². The van der Waals surface area contributed by atoms with Crippen LogP contribution in [0.2, 0.25) is 0 Å². The molecule has 3 atom stereocenters. The van der Waals surface area contributed by atoms with E-state index in [9.17, 15) is 0 Å². The monoisotopic (exact) mass is 277 g/mol. The minimum atomic E-state index is -0.112. The summed E-state index contributed by atoms with van der Waals surface area (Å²) in [6.07, 6.45) is 1.40. The number of amidine groups is 1. The smallest absolute Gasteiger partial charge is 0.147 e. The van der Waals surface area contributed by atoms with Gasteiger partial charge in [-0.15, -0.1) is 0 Å². The fourth-order valence-corrected chi connectivity index (χ4v) is 2.61. The van der Waals surface area contributed by atoms with Gasteiger partial charge in [0.25, 0.3) is 0 Å². The molecule has 0 saturated carbocycles. The van der Waals surface area contributed by atoms with Crippen molar-refractivity contribution in [1.29, 1.82) is 0 Å². The van der Waals surface area contributed by atoms with Gasteiger partial charge < -0.3 is 21.0 Å². The van der Waals surface area contributed by atoms with E-state index in [1.165, 1.54) is 0 Å². The molecule has 0 radical (unpaired) electrons. The van der Waals surface area contributed by atoms with Gasteiger partial charge in [-0.25, -0.2) is 0 Å². The van der Waals surface area contributed by atoms with E-state index >= 15 is 0 Å². The molecule has 1 aromatic rings. The molecular formula is C15H23N3O2. The molecule has 4 N–H and O–H groups in total. The van der Waals surface area contributed by atoms with Crippen LogP contribution in [-0.4, -0.2) is 36.8 Å². The largest absolute Gasteiger partial charge is 0.409 e. The van der Waals surface area contributed by atoms with Crippen LogP contribution in [0.15, 0.2) is 35.5 Å². The molecule has 0 bridgehead atoms. The highest BCUT2D eigenvalue weighted by Crippen LogP contribution is 2.20. The van der Waals surface area contributed by atoms with E-state index in [1.807, 2.05) is 30.3 Å². The predicted molar refractivity (Wildman–Crippen MR) is 79.0 cm³/mol. The molecule has 5 heteroatoms. The normalized spacial score (nSPS) is 24.8. The van der Waals surface area contributed by atoms with Crippen molar-refractivity contribution in [3.8, 4) is 0 Å². The SMILES string of the molecule is CC1OCCC1CNCC(/C(N)=N/O)c1ccccc1. The average Bonchev–Trinajstić information content (AvgIpc) is 2.89. The Labute approximate surface area is 119 Å². The maximum atomic E-state index is 8.93. The van der Waals surface area contributed by atoms with Gasteiger partial charge in [0.1, 0.15) is 5.84 Å². The molecule has 1 aliphatic rings. The first-order valence-corrected chi connectivity index (χ1v) is 7.07. The number of ether oxygens (including phenoxy) is 1. The van der Waals surface area contributed by atoms with E-state index in [0.29, 0.717) is 18.6 Å². The van der Waals surface area contributed by atoms with E-state index < -0.39 is 0 Å². The second-order valence-corrected chi connectivity index (χ2v) is 5.27. The van der Waals surface area contributed by atoms with Crippen LogP contribution in [0.1, 0.15) is 24.8 Å². The Hall–Kier alpha value is -1.59. The summed E-state index contributed by atoms with van der Waals surface area (Å²) in [7, 11) is 0. The molecule has 1 saturated heterocycles. The van der Waals surface area contributed by atoms with E-state index in [1.54, 1.807) is 0 Å². The van der Waals surface area contributed by atoms with Crippen molar-refractivity contribution in [1.82, 2.24) is 5.32 Å². The summed E-state index contributed by atoms with van der Waals surface area (Å²) in [6, 6.07) is 9.86. The van der Waals surface area contributed by atoms with Gasteiger partial charge in [0.05, 0.1) is 12.0 Å². The molecule has 3 unspecified atom stereocenters. The van der Waals surface area contributed by atoms with Crippen molar-refractivity contribution in [2.45, 2.75) is 25.4 Å². The van der Waals surface area contributed by atoms with Crippen LogP contribution in [0.25, 0.3) is 0 Å². The van der Waals surface area contributed by atoms with Crippen LogP contribution < -0.4 is 11.1 Å². The standard InChI is InChI=1S/C15H23N3O2/c1-11-13(7-8-20-11)9-17-10-14(15(16)18-19)12-5-3-2-4-6-12/h2-6,11,13-14,17,19H,7-10H2,1H3,(H2,16,18). The Bertz CT molecular complexity index is 436. The summed E-state index contributed by atoms with van der Waals surface area (Å²) in [5.41, 5.74) is 6.85. The lowest BCUT2D eigenvalue weighted by Crippen LogP contribution is -2.35. The zero-order valence-corrected chi connectivity index (χ0v) is 11.8. The minimum absolute atomic E-state index is 0.112. The van der Waals surface area contributed by atoms with Gasteiger partial charge in [-0.2, -0.15) is 0 Å². The van der Waals surface area contributed by atoms with E-state index in [0.717, 1.165) is 25.1 Å². The van der Waals surface area contributed by atoms with Crippen LogP contribution >= 0.6 is 0 Å². The van der Waals surface area contributed by atoms with Crippen molar-refractivity contribution in [2.75, 3.05) is 19.7 Å². The summed E-state index contributed by atoms with van der Waals surface area (Å²) in [6.45, 7) is 4.50. The van der Waals surface area contributed by atoms with Crippen molar-refractivity contribution in [3.05, 3.63) is 35.9 Å². The summed E-state index contributed by atoms with van der Waals surface area (Å²) in [4.78, 5) is 0. The van der Waals surface area contributed by atoms with Crippen molar-refractivity contribution < 1.29 is 9.94 Å². The second kappa shape index (κ2) is 7.26. The molecule has 2 rings (SSSR count). The van der Waals surface area contributed by atoms with Crippen LogP contribution in [0, 0.1) is 5.92 Å². The number of benzene rings is 1. The van der Waals surface area contributed by atoms with Gasteiger partial charge in [-0.05, 0) is 24.8 Å². The number of oxime groups is 1. The summed E-state index contributed by atoms with van der Waals surface area (Å²) < 4.78 is 5.55. The first-order chi connectivity index (χ1) is 9.72. The number of hydrogen-bond acceptors (Lipinski definition) is 4. The molecule has 1 aromatic carbocycles. The van der Waals surface area contributed by atoms with Crippen LogP contribution in [-0.2, 0) is 4.74 Å². The molecule has 5 nitrogen and oxygen atoms in total. The Morgan fingerprint density at radius 3 is 2.85 bits per heavy atom. The second-order valence-electron chi connectivity index (χ2n) is 5.27. The van der Waals surface area contributed by atoms with Crippen LogP contribution in [0.3, 0.4) is 0 Å². The summed E-state index contributed by atoms with van der Waals surface area (Å²) >= 11 is 0. The molecule has 1 heterocycles. The third-order valence-electron chi connectivity index (χ3n) is 3.96. The lowest BCUT2D eigenvalue weighted by atomic mass is 9.97. The number of nitrogens with zero attached hydrogens (tertiary/aromatic N) is 1. The van der Waals surface area contributed by atoms with Gasteiger partial charge in [-0.1, -0.05) is 35.5 Å². The number of nitrogens with two attached hydrogens (primary N) is 1. The molecule has 0 aliphatic carbocycles. The molecule has 110 valence electrons.